The molecule has 198 valence electrons. The zero-order chi connectivity index (χ0) is 26.2. The van der Waals surface area contributed by atoms with Crippen LogP contribution in [0.3, 0.4) is 0 Å². The first-order chi connectivity index (χ1) is 16.6. The Morgan fingerprint density at radius 3 is 1.89 bits per heavy atom. The molecule has 0 bridgehead atoms. The number of nitrogens with zero attached hydrogens (tertiary/aromatic N) is 3. The summed E-state index contributed by atoms with van der Waals surface area (Å²) in [4.78, 5) is 49.1. The average Bonchev–Trinajstić information content (AvgIpc) is 2.76. The van der Waals surface area contributed by atoms with Crippen molar-refractivity contribution in [3.05, 3.63) is 10.4 Å². The fraction of sp³-hybridized carbons (Fsp3) is 0.800. The van der Waals surface area contributed by atoms with E-state index in [4.69, 9.17) is 43.4 Å². The summed E-state index contributed by atoms with van der Waals surface area (Å²) in [6.45, 7) is 5.29. The van der Waals surface area contributed by atoms with Crippen molar-refractivity contribution < 1.29 is 57.1 Å². The maximum atomic E-state index is 11.8. The van der Waals surface area contributed by atoms with Gasteiger partial charge < -0.3 is 37.9 Å². The number of rotatable bonds is 15. The number of carbonyl (C=O) groups is 4. The van der Waals surface area contributed by atoms with Crippen LogP contribution in [0.25, 0.3) is 10.4 Å². The van der Waals surface area contributed by atoms with Crippen molar-refractivity contribution in [2.24, 2.45) is 5.11 Å². The summed E-state index contributed by atoms with van der Waals surface area (Å²) in [5, 5.41) is 3.33. The molecule has 1 aliphatic rings. The van der Waals surface area contributed by atoms with Crippen molar-refractivity contribution in [1.29, 1.82) is 0 Å². The van der Waals surface area contributed by atoms with Gasteiger partial charge in [-0.2, -0.15) is 0 Å². The van der Waals surface area contributed by atoms with Crippen LogP contribution in [0.2, 0.25) is 0 Å². The third kappa shape index (κ3) is 12.3. The molecule has 0 aromatic carbocycles. The molecule has 1 heterocycles. The lowest BCUT2D eigenvalue weighted by atomic mass is 9.98. The fourth-order valence-corrected chi connectivity index (χ4v) is 3.02. The zero-order valence-electron chi connectivity index (χ0n) is 20.1. The van der Waals surface area contributed by atoms with Crippen molar-refractivity contribution in [2.75, 3.05) is 46.2 Å². The second-order valence-corrected chi connectivity index (χ2v) is 7.12. The SMILES string of the molecule is CC(=O)OC[C@H]1OC(OCCOCCOCCN=[N+]=[N-])[C@H](OC(C)=O)[C@@H](OC(C)=O)[C@@H]1OC(C)=O. The van der Waals surface area contributed by atoms with E-state index in [1.807, 2.05) is 0 Å². The molecule has 1 unspecified atom stereocenters. The molecule has 15 nitrogen and oxygen atoms in total. The van der Waals surface area contributed by atoms with E-state index in [1.54, 1.807) is 0 Å². The van der Waals surface area contributed by atoms with Gasteiger partial charge in [-0.3, -0.25) is 19.2 Å². The highest BCUT2D eigenvalue weighted by Crippen LogP contribution is 2.29. The maximum absolute atomic E-state index is 11.8. The highest BCUT2D eigenvalue weighted by atomic mass is 16.7. The van der Waals surface area contributed by atoms with Crippen LogP contribution >= 0.6 is 0 Å². The third-order valence-corrected chi connectivity index (χ3v) is 4.23. The Morgan fingerprint density at radius 2 is 1.31 bits per heavy atom. The zero-order valence-corrected chi connectivity index (χ0v) is 20.1. The fourth-order valence-electron chi connectivity index (χ4n) is 3.02. The predicted molar refractivity (Wildman–Crippen MR) is 114 cm³/mol. The van der Waals surface area contributed by atoms with Crippen LogP contribution < -0.4 is 0 Å². The first-order valence-corrected chi connectivity index (χ1v) is 10.7. The van der Waals surface area contributed by atoms with Gasteiger partial charge in [0, 0.05) is 39.2 Å². The molecule has 1 rings (SSSR count). The normalized spacial score (nSPS) is 23.5. The van der Waals surface area contributed by atoms with Gasteiger partial charge in [-0.15, -0.1) is 0 Å². The van der Waals surface area contributed by atoms with Crippen LogP contribution in [0.5, 0.6) is 0 Å². The van der Waals surface area contributed by atoms with Crippen molar-refractivity contribution in [3.63, 3.8) is 0 Å². The Kier molecular flexibility index (Phi) is 14.3. The molecule has 0 radical (unpaired) electrons. The van der Waals surface area contributed by atoms with Gasteiger partial charge in [-0.05, 0) is 5.53 Å². The highest BCUT2D eigenvalue weighted by molar-refractivity contribution is 5.68. The van der Waals surface area contributed by atoms with E-state index >= 15 is 0 Å². The van der Waals surface area contributed by atoms with Crippen LogP contribution in [0.15, 0.2) is 5.11 Å². The summed E-state index contributed by atoms with van der Waals surface area (Å²) in [7, 11) is 0. The van der Waals surface area contributed by atoms with Gasteiger partial charge in [-0.1, -0.05) is 5.11 Å². The van der Waals surface area contributed by atoms with Crippen LogP contribution in [0.1, 0.15) is 27.7 Å². The number of ether oxygens (including phenoxy) is 8. The molecule has 1 saturated heterocycles. The maximum Gasteiger partial charge on any atom is 0.303 e. The molecular weight excluding hydrogens is 474 g/mol. The molecule has 5 atom stereocenters. The first kappa shape index (κ1) is 30.1. The number of azide groups is 1. The number of carbonyl (C=O) groups excluding carboxylic acids is 4. The second kappa shape index (κ2) is 16.6. The minimum Gasteiger partial charge on any atom is -0.463 e. The van der Waals surface area contributed by atoms with E-state index in [9.17, 15) is 19.2 Å². The molecule has 1 fully saturated rings. The van der Waals surface area contributed by atoms with Gasteiger partial charge in [0.1, 0.15) is 12.7 Å². The van der Waals surface area contributed by atoms with Crippen molar-refractivity contribution in [1.82, 2.24) is 0 Å². The molecule has 0 aromatic rings. The van der Waals surface area contributed by atoms with Gasteiger partial charge in [0.05, 0.1) is 33.0 Å². The summed E-state index contributed by atoms with van der Waals surface area (Å²) in [5.41, 5.74) is 8.18. The Labute approximate surface area is 201 Å². The molecule has 35 heavy (non-hydrogen) atoms. The molecular formula is C20H31N3O12. The summed E-state index contributed by atoms with van der Waals surface area (Å²) >= 11 is 0. The minimum absolute atomic E-state index is 0.0214. The minimum atomic E-state index is -1.30. The second-order valence-electron chi connectivity index (χ2n) is 7.12. The smallest absolute Gasteiger partial charge is 0.303 e. The van der Waals surface area contributed by atoms with Crippen LogP contribution in [-0.4, -0.2) is 101 Å². The molecule has 0 saturated carbocycles. The molecule has 0 aliphatic carbocycles. The van der Waals surface area contributed by atoms with Crippen LogP contribution in [0.4, 0.5) is 0 Å². The molecule has 15 heteroatoms. The molecule has 0 spiro atoms. The average molecular weight is 505 g/mol. The summed E-state index contributed by atoms with van der Waals surface area (Å²) in [6, 6.07) is 0. The molecule has 1 aliphatic heterocycles. The first-order valence-electron chi connectivity index (χ1n) is 10.7. The van der Waals surface area contributed by atoms with E-state index in [0.717, 1.165) is 20.8 Å². The monoisotopic (exact) mass is 505 g/mol. The van der Waals surface area contributed by atoms with Gasteiger partial charge in [0.2, 0.25) is 0 Å². The van der Waals surface area contributed by atoms with Gasteiger partial charge >= 0.3 is 23.9 Å². The number of esters is 4. The molecule has 0 N–H and O–H groups in total. The molecule has 0 amide bonds. The van der Waals surface area contributed by atoms with E-state index in [-0.39, 0.29) is 46.2 Å². The largest absolute Gasteiger partial charge is 0.463 e. The van der Waals surface area contributed by atoms with Crippen molar-refractivity contribution >= 4 is 23.9 Å². The lowest BCUT2D eigenvalue weighted by Gasteiger charge is -2.44. The lowest BCUT2D eigenvalue weighted by Crippen LogP contribution is -2.63. The quantitative estimate of drug-likeness (QED) is 0.0745. The lowest BCUT2D eigenvalue weighted by molar-refractivity contribution is -0.309. The van der Waals surface area contributed by atoms with Crippen molar-refractivity contribution in [2.45, 2.75) is 58.4 Å². The summed E-state index contributed by atoms with van der Waals surface area (Å²) in [6.07, 6.45) is -6.20. The highest BCUT2D eigenvalue weighted by Gasteiger charge is 2.52. The van der Waals surface area contributed by atoms with E-state index in [1.165, 1.54) is 6.92 Å². The van der Waals surface area contributed by atoms with Crippen molar-refractivity contribution in [3.8, 4) is 0 Å². The predicted octanol–water partition coefficient (Wildman–Crippen LogP) is 0.430. The summed E-state index contributed by atoms with van der Waals surface area (Å²) in [5.74, 6) is -2.80. The van der Waals surface area contributed by atoms with Crippen LogP contribution in [0, 0.1) is 0 Å². The Morgan fingerprint density at radius 1 is 0.771 bits per heavy atom. The van der Waals surface area contributed by atoms with Gasteiger partial charge in [0.25, 0.3) is 0 Å². The number of hydrogen-bond acceptors (Lipinski definition) is 13. The third-order valence-electron chi connectivity index (χ3n) is 4.23. The van der Waals surface area contributed by atoms with Crippen LogP contribution in [-0.2, 0) is 57.1 Å². The Hall–Kier alpha value is -2.97. The van der Waals surface area contributed by atoms with E-state index < -0.39 is 54.6 Å². The van der Waals surface area contributed by atoms with E-state index in [2.05, 4.69) is 10.0 Å². The topological polar surface area (TPSA) is 191 Å². The Bertz CT molecular complexity index is 758. The molecule has 0 aromatic heterocycles. The van der Waals surface area contributed by atoms with Gasteiger partial charge in [0.15, 0.2) is 24.6 Å². The summed E-state index contributed by atoms with van der Waals surface area (Å²) < 4.78 is 42.9. The van der Waals surface area contributed by atoms with Gasteiger partial charge in [-0.25, -0.2) is 0 Å². The standard InChI is InChI=1S/C20H31N3O12/c1-12(24)31-11-16-17(32-13(2)25)18(33-14(3)26)19(34-15(4)27)20(35-16)30-10-9-29-8-7-28-6-5-22-23-21/h16-20H,5-11H2,1-4H3/t16-,17-,18+,19-,20?/m1/s1. The number of hydrogen-bond donors (Lipinski definition) is 0. The van der Waals surface area contributed by atoms with E-state index in [0.29, 0.717) is 0 Å². The Balaban J connectivity index is 2.85.